The van der Waals surface area contributed by atoms with Crippen LogP contribution < -0.4 is 9.47 Å². The molecule has 1 aromatic carbocycles. The zero-order chi connectivity index (χ0) is 30.8. The summed E-state index contributed by atoms with van der Waals surface area (Å²) in [6.45, 7) is 14.2. The minimum atomic E-state index is -0.0744. The number of hydrogen-bond donors (Lipinski definition) is 0. The summed E-state index contributed by atoms with van der Waals surface area (Å²) >= 11 is 0. The van der Waals surface area contributed by atoms with Gasteiger partial charge in [0.1, 0.15) is 11.5 Å². The third-order valence-corrected chi connectivity index (χ3v) is 9.10. The summed E-state index contributed by atoms with van der Waals surface area (Å²) in [6.07, 6.45) is 27.1. The lowest BCUT2D eigenvalue weighted by molar-refractivity contribution is -0.0875. The number of rotatable bonds is 26. The monoisotopic (exact) mass is 603 g/mol. The highest BCUT2D eigenvalue weighted by atomic mass is 16.6. The molecule has 5 nitrogen and oxygen atoms in total. The van der Waals surface area contributed by atoms with Gasteiger partial charge in [0, 0.05) is 19.2 Å². The van der Waals surface area contributed by atoms with Gasteiger partial charge in [-0.05, 0) is 38.1 Å². The molecule has 0 N–H and O–H groups in total. The molecule has 0 aromatic heterocycles. The summed E-state index contributed by atoms with van der Waals surface area (Å²) < 4.78 is 19.3. The lowest BCUT2D eigenvalue weighted by Gasteiger charge is -2.35. The van der Waals surface area contributed by atoms with Crippen molar-refractivity contribution < 1.29 is 14.2 Å². The Morgan fingerprint density at radius 2 is 0.860 bits per heavy atom. The van der Waals surface area contributed by atoms with E-state index in [2.05, 4.69) is 49.6 Å². The highest BCUT2D eigenvalue weighted by Crippen LogP contribution is 2.25. The van der Waals surface area contributed by atoms with Crippen molar-refractivity contribution in [1.82, 2.24) is 9.80 Å². The molecule has 2 bridgehead atoms. The standard InChI is InChI=1S/C38H70N2O3/c1-5-9-11-13-15-17-19-21-23-25-30-39(7-3)37-33-41-34-38(43-36-29-27-28-35(32-36)42-37)40(8-4)31-26-24-22-20-18-16-14-12-10-6-2/h27-29,32,37-38H,5-26,30-31,33-34H2,1-4H3. The maximum atomic E-state index is 6.49. The van der Waals surface area contributed by atoms with Crippen LogP contribution in [-0.4, -0.2) is 61.6 Å². The van der Waals surface area contributed by atoms with Crippen LogP contribution in [0, 0.1) is 0 Å². The number of hydrogen-bond acceptors (Lipinski definition) is 5. The number of nitrogens with zero attached hydrogens (tertiary/aromatic N) is 2. The average Bonchev–Trinajstić information content (AvgIpc) is 3.02. The zero-order valence-electron chi connectivity index (χ0n) is 29.0. The zero-order valence-corrected chi connectivity index (χ0v) is 29.0. The third kappa shape index (κ3) is 17.7. The van der Waals surface area contributed by atoms with Gasteiger partial charge in [-0.2, -0.15) is 0 Å². The van der Waals surface area contributed by atoms with Gasteiger partial charge in [-0.3, -0.25) is 9.80 Å². The molecule has 0 saturated heterocycles. The van der Waals surface area contributed by atoms with E-state index in [9.17, 15) is 0 Å². The largest absolute Gasteiger partial charge is 0.473 e. The lowest BCUT2D eigenvalue weighted by Crippen LogP contribution is -2.47. The first-order valence-corrected chi connectivity index (χ1v) is 18.7. The number of likely N-dealkylation sites (N-methyl/N-ethyl adjacent to an activating group) is 2. The van der Waals surface area contributed by atoms with Crippen LogP contribution in [0.15, 0.2) is 24.3 Å². The van der Waals surface area contributed by atoms with Crippen LogP contribution in [-0.2, 0) is 4.74 Å². The van der Waals surface area contributed by atoms with Crippen molar-refractivity contribution in [3.05, 3.63) is 24.3 Å². The van der Waals surface area contributed by atoms with Gasteiger partial charge in [-0.15, -0.1) is 0 Å². The van der Waals surface area contributed by atoms with Gasteiger partial charge >= 0.3 is 0 Å². The Morgan fingerprint density at radius 3 is 1.21 bits per heavy atom. The van der Waals surface area contributed by atoms with Crippen LogP contribution in [0.25, 0.3) is 0 Å². The second kappa shape index (κ2) is 26.0. The summed E-state index contributed by atoms with van der Waals surface area (Å²) in [5.41, 5.74) is 0. The predicted molar refractivity (Wildman–Crippen MR) is 184 cm³/mol. The van der Waals surface area contributed by atoms with Gasteiger partial charge in [-0.1, -0.05) is 149 Å². The van der Waals surface area contributed by atoms with E-state index in [0.29, 0.717) is 13.2 Å². The van der Waals surface area contributed by atoms with Crippen molar-refractivity contribution >= 4 is 0 Å². The fourth-order valence-corrected chi connectivity index (χ4v) is 6.25. The van der Waals surface area contributed by atoms with Crippen molar-refractivity contribution in [3.8, 4) is 11.5 Å². The Labute approximate surface area is 267 Å². The summed E-state index contributed by atoms with van der Waals surface area (Å²) in [6, 6.07) is 8.21. The summed E-state index contributed by atoms with van der Waals surface area (Å²) in [7, 11) is 0. The molecule has 1 aliphatic heterocycles. The van der Waals surface area contributed by atoms with Gasteiger partial charge in [0.15, 0.2) is 12.5 Å². The molecule has 0 fully saturated rings. The maximum Gasteiger partial charge on any atom is 0.176 e. The van der Waals surface area contributed by atoms with E-state index in [1.807, 2.05) is 12.1 Å². The van der Waals surface area contributed by atoms with E-state index in [0.717, 1.165) is 37.7 Å². The van der Waals surface area contributed by atoms with Crippen molar-refractivity contribution in [2.75, 3.05) is 39.4 Å². The average molecular weight is 603 g/mol. The molecule has 5 heteroatoms. The molecule has 2 rings (SSSR count). The van der Waals surface area contributed by atoms with Crippen molar-refractivity contribution in [2.24, 2.45) is 0 Å². The molecule has 43 heavy (non-hydrogen) atoms. The predicted octanol–water partition coefficient (Wildman–Crippen LogP) is 10.6. The van der Waals surface area contributed by atoms with Crippen molar-refractivity contribution in [2.45, 2.75) is 169 Å². The second-order valence-corrected chi connectivity index (χ2v) is 12.8. The highest BCUT2D eigenvalue weighted by molar-refractivity contribution is 5.33. The number of fused-ring (bicyclic) bond motifs is 2. The summed E-state index contributed by atoms with van der Waals surface area (Å²) in [5, 5.41) is 0. The van der Waals surface area contributed by atoms with E-state index in [-0.39, 0.29) is 12.5 Å². The highest BCUT2D eigenvalue weighted by Gasteiger charge is 2.25. The lowest BCUT2D eigenvalue weighted by atomic mass is 10.1. The third-order valence-electron chi connectivity index (χ3n) is 9.10. The van der Waals surface area contributed by atoms with Crippen LogP contribution in [0.4, 0.5) is 0 Å². The van der Waals surface area contributed by atoms with Crippen LogP contribution in [0.3, 0.4) is 0 Å². The topological polar surface area (TPSA) is 34.2 Å². The SMILES string of the molecule is CCCCCCCCCCCCN(CC)C1COCC(N(CC)CCCCCCCCCCCC)Oc2cccc(c2)O1. The molecule has 0 saturated carbocycles. The van der Waals surface area contributed by atoms with Gasteiger partial charge in [0.2, 0.25) is 0 Å². The van der Waals surface area contributed by atoms with Gasteiger partial charge in [-0.25, -0.2) is 0 Å². The molecule has 0 aliphatic carbocycles. The van der Waals surface area contributed by atoms with E-state index < -0.39 is 0 Å². The Bertz CT molecular complexity index is 703. The maximum absolute atomic E-state index is 6.49. The molecular weight excluding hydrogens is 532 g/mol. The molecule has 0 radical (unpaired) electrons. The molecule has 1 aliphatic rings. The summed E-state index contributed by atoms with van der Waals surface area (Å²) in [4.78, 5) is 4.91. The van der Waals surface area contributed by atoms with Gasteiger partial charge in [0.25, 0.3) is 0 Å². The first-order chi connectivity index (χ1) is 21.2. The molecule has 1 aromatic rings. The van der Waals surface area contributed by atoms with Crippen LogP contribution in [0.5, 0.6) is 11.5 Å². The minimum absolute atomic E-state index is 0.0744. The van der Waals surface area contributed by atoms with Gasteiger partial charge < -0.3 is 14.2 Å². The van der Waals surface area contributed by atoms with Crippen molar-refractivity contribution in [3.63, 3.8) is 0 Å². The van der Waals surface area contributed by atoms with Crippen LogP contribution >= 0.6 is 0 Å². The first kappa shape index (κ1) is 37.9. The molecule has 250 valence electrons. The Balaban J connectivity index is 1.78. The van der Waals surface area contributed by atoms with E-state index in [1.54, 1.807) is 0 Å². The molecule has 1 heterocycles. The van der Waals surface area contributed by atoms with E-state index >= 15 is 0 Å². The van der Waals surface area contributed by atoms with Crippen LogP contribution in [0.2, 0.25) is 0 Å². The smallest absolute Gasteiger partial charge is 0.176 e. The normalized spacial score (nSPS) is 17.3. The fraction of sp³-hybridized carbons (Fsp3) is 0.842. The van der Waals surface area contributed by atoms with Crippen molar-refractivity contribution in [1.29, 1.82) is 0 Å². The quantitative estimate of drug-likeness (QED) is 0.0985. The Morgan fingerprint density at radius 1 is 0.512 bits per heavy atom. The summed E-state index contributed by atoms with van der Waals surface area (Å²) in [5.74, 6) is 1.73. The Hall–Kier alpha value is -1.30. The second-order valence-electron chi connectivity index (χ2n) is 12.8. The molecular formula is C38H70N2O3. The van der Waals surface area contributed by atoms with E-state index in [1.165, 1.54) is 128 Å². The Kier molecular flexibility index (Phi) is 22.9. The van der Waals surface area contributed by atoms with Gasteiger partial charge in [0.05, 0.1) is 13.2 Å². The minimum Gasteiger partial charge on any atom is -0.473 e. The van der Waals surface area contributed by atoms with Crippen LogP contribution in [0.1, 0.15) is 156 Å². The number of benzene rings is 1. The molecule has 2 atom stereocenters. The van der Waals surface area contributed by atoms with E-state index in [4.69, 9.17) is 14.2 Å². The molecule has 2 unspecified atom stereocenters. The fourth-order valence-electron chi connectivity index (χ4n) is 6.25. The number of unbranched alkanes of at least 4 members (excludes halogenated alkanes) is 18. The molecule has 0 spiro atoms. The number of ether oxygens (including phenoxy) is 3. The molecule has 0 amide bonds. The first-order valence-electron chi connectivity index (χ1n) is 18.7.